The number of carbonyl (C=O) groups excluding carboxylic acids is 1. The highest BCUT2D eigenvalue weighted by Crippen LogP contribution is 2.49. The fourth-order valence-electron chi connectivity index (χ4n) is 4.31. The van der Waals surface area contributed by atoms with Crippen LogP contribution in [0.4, 0.5) is 4.39 Å². The zero-order valence-electron chi connectivity index (χ0n) is 15.0. The van der Waals surface area contributed by atoms with E-state index in [-0.39, 0.29) is 17.3 Å². The van der Waals surface area contributed by atoms with Crippen LogP contribution in [0.2, 0.25) is 0 Å². The van der Waals surface area contributed by atoms with E-state index >= 15 is 0 Å². The highest BCUT2D eigenvalue weighted by molar-refractivity contribution is 5.89. The Morgan fingerprint density at radius 2 is 1.88 bits per heavy atom. The SMILES string of the molecule is CCN1CC2(CCN(CCc3ccccc3F)CC2)OC2(CC2)C1=O. The summed E-state index contributed by atoms with van der Waals surface area (Å²) >= 11 is 0. The van der Waals surface area contributed by atoms with Gasteiger partial charge in [-0.25, -0.2) is 4.39 Å². The molecule has 4 nitrogen and oxygen atoms in total. The molecule has 0 bridgehead atoms. The van der Waals surface area contributed by atoms with Gasteiger partial charge in [0, 0.05) is 32.7 Å². The van der Waals surface area contributed by atoms with Gasteiger partial charge in [-0.05, 0) is 50.7 Å². The van der Waals surface area contributed by atoms with Gasteiger partial charge in [0.05, 0.1) is 5.60 Å². The van der Waals surface area contributed by atoms with E-state index in [0.29, 0.717) is 0 Å². The van der Waals surface area contributed by atoms with E-state index < -0.39 is 5.60 Å². The van der Waals surface area contributed by atoms with Gasteiger partial charge in [0.1, 0.15) is 11.4 Å². The third-order valence-corrected chi connectivity index (χ3v) is 6.08. The molecule has 0 atom stereocenters. The quantitative estimate of drug-likeness (QED) is 0.840. The minimum atomic E-state index is -0.496. The third kappa shape index (κ3) is 3.20. The molecule has 25 heavy (non-hydrogen) atoms. The van der Waals surface area contributed by atoms with Crippen molar-refractivity contribution in [3.63, 3.8) is 0 Å². The number of benzene rings is 1. The molecular formula is C20H27FN2O2. The van der Waals surface area contributed by atoms with E-state index in [2.05, 4.69) is 11.8 Å². The molecular weight excluding hydrogens is 319 g/mol. The maximum Gasteiger partial charge on any atom is 0.254 e. The van der Waals surface area contributed by atoms with Crippen LogP contribution in [-0.2, 0) is 16.0 Å². The number of ether oxygens (including phenoxy) is 1. The summed E-state index contributed by atoms with van der Waals surface area (Å²) in [6, 6.07) is 7.03. The minimum Gasteiger partial charge on any atom is -0.357 e. The van der Waals surface area contributed by atoms with Crippen LogP contribution in [0, 0.1) is 5.82 Å². The lowest BCUT2D eigenvalue weighted by Crippen LogP contribution is -2.62. The van der Waals surface area contributed by atoms with Crippen molar-refractivity contribution in [2.45, 2.75) is 50.2 Å². The van der Waals surface area contributed by atoms with Gasteiger partial charge in [0.15, 0.2) is 0 Å². The Morgan fingerprint density at radius 3 is 2.52 bits per heavy atom. The van der Waals surface area contributed by atoms with Crippen LogP contribution >= 0.6 is 0 Å². The van der Waals surface area contributed by atoms with Crippen LogP contribution in [0.5, 0.6) is 0 Å². The van der Waals surface area contributed by atoms with Crippen LogP contribution in [0.1, 0.15) is 38.2 Å². The number of morpholine rings is 1. The standard InChI is InChI=1S/C20H27FN2O2/c1-2-23-15-19(25-20(8-9-20)18(23)24)10-13-22(14-11-19)12-7-16-5-3-4-6-17(16)21/h3-6H,2,7-15H2,1H3. The Kier molecular flexibility index (Phi) is 4.32. The highest BCUT2D eigenvalue weighted by Gasteiger charge is 2.61. The number of halogens is 1. The lowest BCUT2D eigenvalue weighted by atomic mass is 9.87. The summed E-state index contributed by atoms with van der Waals surface area (Å²) in [7, 11) is 0. The first-order chi connectivity index (χ1) is 12.1. The van der Waals surface area contributed by atoms with Crippen molar-refractivity contribution < 1.29 is 13.9 Å². The van der Waals surface area contributed by atoms with Crippen LogP contribution in [0.3, 0.4) is 0 Å². The number of hydrogen-bond donors (Lipinski definition) is 0. The van der Waals surface area contributed by atoms with Gasteiger partial charge in [0.2, 0.25) is 0 Å². The number of likely N-dealkylation sites (tertiary alicyclic amines) is 1. The fourth-order valence-corrected chi connectivity index (χ4v) is 4.31. The summed E-state index contributed by atoms with van der Waals surface area (Å²) in [6.07, 6.45) is 4.40. The van der Waals surface area contributed by atoms with Crippen molar-refractivity contribution in [2.24, 2.45) is 0 Å². The molecule has 1 amide bonds. The van der Waals surface area contributed by atoms with E-state index in [1.54, 1.807) is 6.07 Å². The Hall–Kier alpha value is -1.46. The molecule has 5 heteroatoms. The van der Waals surface area contributed by atoms with E-state index in [9.17, 15) is 9.18 Å². The molecule has 2 saturated heterocycles. The Morgan fingerprint density at radius 1 is 1.16 bits per heavy atom. The van der Waals surface area contributed by atoms with Gasteiger partial charge in [-0.3, -0.25) is 4.79 Å². The number of likely N-dealkylation sites (N-methyl/N-ethyl adjacent to an activating group) is 1. The normalized spacial score (nSPS) is 24.9. The molecule has 136 valence electrons. The highest BCUT2D eigenvalue weighted by atomic mass is 19.1. The summed E-state index contributed by atoms with van der Waals surface area (Å²) in [5.41, 5.74) is 0.120. The first-order valence-electron chi connectivity index (χ1n) is 9.51. The zero-order valence-corrected chi connectivity index (χ0v) is 15.0. The van der Waals surface area contributed by atoms with E-state index in [1.807, 2.05) is 17.0 Å². The van der Waals surface area contributed by atoms with Crippen molar-refractivity contribution in [3.8, 4) is 0 Å². The largest absolute Gasteiger partial charge is 0.357 e. The smallest absolute Gasteiger partial charge is 0.254 e. The Balaban J connectivity index is 1.35. The minimum absolute atomic E-state index is 0.112. The molecule has 1 aromatic rings. The van der Waals surface area contributed by atoms with Crippen LogP contribution < -0.4 is 0 Å². The van der Waals surface area contributed by atoms with Gasteiger partial charge in [-0.15, -0.1) is 0 Å². The van der Waals surface area contributed by atoms with Crippen LogP contribution in [0.25, 0.3) is 0 Å². The van der Waals surface area contributed by atoms with E-state index in [0.717, 1.165) is 70.4 Å². The molecule has 0 N–H and O–H groups in total. The number of amides is 1. The number of piperidine rings is 1. The fraction of sp³-hybridized carbons (Fsp3) is 0.650. The summed E-state index contributed by atoms with van der Waals surface area (Å²) in [4.78, 5) is 16.9. The Bertz CT molecular complexity index is 651. The lowest BCUT2D eigenvalue weighted by molar-refractivity contribution is -0.200. The van der Waals surface area contributed by atoms with Crippen molar-refractivity contribution in [2.75, 3.05) is 32.7 Å². The molecule has 0 unspecified atom stereocenters. The molecule has 0 radical (unpaired) electrons. The van der Waals surface area contributed by atoms with Crippen LogP contribution in [-0.4, -0.2) is 59.6 Å². The molecule has 2 heterocycles. The monoisotopic (exact) mass is 346 g/mol. The van der Waals surface area contributed by atoms with Gasteiger partial charge >= 0.3 is 0 Å². The molecule has 2 aliphatic heterocycles. The molecule has 2 spiro atoms. The van der Waals surface area contributed by atoms with E-state index in [1.165, 1.54) is 6.07 Å². The van der Waals surface area contributed by atoms with Crippen LogP contribution in [0.15, 0.2) is 24.3 Å². The summed E-state index contributed by atoms with van der Waals surface area (Å²) < 4.78 is 20.2. The number of nitrogens with zero attached hydrogens (tertiary/aromatic N) is 2. The third-order valence-electron chi connectivity index (χ3n) is 6.08. The lowest BCUT2D eigenvalue weighted by Gasteiger charge is -2.50. The summed E-state index contributed by atoms with van der Waals surface area (Å²) in [5, 5.41) is 0. The summed E-state index contributed by atoms with van der Waals surface area (Å²) in [5.74, 6) is 0.0852. The second-order valence-corrected chi connectivity index (χ2v) is 7.78. The Labute approximate surface area is 148 Å². The van der Waals surface area contributed by atoms with E-state index in [4.69, 9.17) is 4.74 Å². The first-order valence-corrected chi connectivity index (χ1v) is 9.51. The van der Waals surface area contributed by atoms with Crippen molar-refractivity contribution >= 4 is 5.91 Å². The van der Waals surface area contributed by atoms with Crippen molar-refractivity contribution in [1.82, 2.24) is 9.80 Å². The average molecular weight is 346 g/mol. The second-order valence-electron chi connectivity index (χ2n) is 7.78. The van der Waals surface area contributed by atoms with Gasteiger partial charge < -0.3 is 14.5 Å². The average Bonchev–Trinajstić information content (AvgIpc) is 3.39. The van der Waals surface area contributed by atoms with Gasteiger partial charge in [0.25, 0.3) is 5.91 Å². The predicted octanol–water partition coefficient (Wildman–Crippen LogP) is 2.61. The molecule has 1 saturated carbocycles. The maximum absolute atomic E-state index is 13.8. The molecule has 3 fully saturated rings. The predicted molar refractivity (Wildman–Crippen MR) is 93.8 cm³/mol. The zero-order chi connectivity index (χ0) is 17.5. The first kappa shape index (κ1) is 17.0. The molecule has 1 aliphatic carbocycles. The molecule has 0 aromatic heterocycles. The molecule has 1 aromatic carbocycles. The topological polar surface area (TPSA) is 32.8 Å². The maximum atomic E-state index is 13.8. The second kappa shape index (κ2) is 6.36. The molecule has 3 aliphatic rings. The number of carbonyl (C=O) groups is 1. The molecule has 4 rings (SSSR count). The number of hydrogen-bond acceptors (Lipinski definition) is 3. The van der Waals surface area contributed by atoms with Gasteiger partial charge in [-0.2, -0.15) is 0 Å². The van der Waals surface area contributed by atoms with Gasteiger partial charge in [-0.1, -0.05) is 18.2 Å². The number of rotatable bonds is 4. The summed E-state index contributed by atoms with van der Waals surface area (Å²) in [6.45, 7) is 6.33. The van der Waals surface area contributed by atoms with Crippen molar-refractivity contribution in [1.29, 1.82) is 0 Å². The van der Waals surface area contributed by atoms with Crippen molar-refractivity contribution in [3.05, 3.63) is 35.6 Å².